The zero-order chi connectivity index (χ0) is 17.0. The van der Waals surface area contributed by atoms with Gasteiger partial charge < -0.3 is 15.3 Å². The molecular formula is C20H32O3. The molecule has 7 atom stereocenters. The first-order valence-electron chi connectivity index (χ1n) is 9.03. The van der Waals surface area contributed by atoms with E-state index in [0.29, 0.717) is 11.8 Å². The van der Waals surface area contributed by atoms with Gasteiger partial charge in [0.25, 0.3) is 0 Å². The average molecular weight is 320 g/mol. The lowest BCUT2D eigenvalue weighted by Crippen LogP contribution is -2.58. The van der Waals surface area contributed by atoms with Gasteiger partial charge in [0.2, 0.25) is 0 Å². The van der Waals surface area contributed by atoms with Crippen LogP contribution < -0.4 is 0 Å². The first kappa shape index (κ1) is 17.2. The van der Waals surface area contributed by atoms with Crippen molar-refractivity contribution in [3.63, 3.8) is 0 Å². The SMILES string of the molecule is C=C[C@@]1(C)C=C2CC[C@@H]3[C@@](C)(CO)[C@H](O)CC[C@@]3(C)[C@@H]2C[C@@H]1O. The smallest absolute Gasteiger partial charge is 0.0668 e. The van der Waals surface area contributed by atoms with Gasteiger partial charge in [-0.3, -0.25) is 0 Å². The number of rotatable bonds is 2. The second-order valence-corrected chi connectivity index (χ2v) is 8.91. The molecule has 23 heavy (non-hydrogen) atoms. The summed E-state index contributed by atoms with van der Waals surface area (Å²) < 4.78 is 0. The topological polar surface area (TPSA) is 60.7 Å². The van der Waals surface area contributed by atoms with Crippen LogP contribution in [0.5, 0.6) is 0 Å². The van der Waals surface area contributed by atoms with Gasteiger partial charge in [0, 0.05) is 10.8 Å². The monoisotopic (exact) mass is 320 g/mol. The number of aliphatic hydroxyl groups excluding tert-OH is 3. The second-order valence-electron chi connectivity index (χ2n) is 8.91. The van der Waals surface area contributed by atoms with Crippen molar-refractivity contribution >= 4 is 0 Å². The van der Waals surface area contributed by atoms with Crippen LogP contribution in [0.3, 0.4) is 0 Å². The third-order valence-electron chi connectivity index (χ3n) is 7.73. The average Bonchev–Trinajstić information content (AvgIpc) is 2.53. The van der Waals surface area contributed by atoms with Crippen molar-refractivity contribution in [2.24, 2.45) is 28.1 Å². The maximum atomic E-state index is 10.7. The van der Waals surface area contributed by atoms with Crippen molar-refractivity contribution in [1.29, 1.82) is 0 Å². The molecule has 3 aliphatic carbocycles. The normalized spacial score (nSPS) is 53.0. The number of hydrogen-bond acceptors (Lipinski definition) is 3. The molecule has 3 heteroatoms. The molecule has 3 nitrogen and oxygen atoms in total. The highest BCUT2D eigenvalue weighted by Gasteiger charge is 2.59. The van der Waals surface area contributed by atoms with Crippen molar-refractivity contribution in [3.05, 3.63) is 24.3 Å². The molecule has 0 radical (unpaired) electrons. The van der Waals surface area contributed by atoms with Gasteiger partial charge in [0.15, 0.2) is 0 Å². The number of hydrogen-bond donors (Lipinski definition) is 3. The first-order chi connectivity index (χ1) is 10.7. The summed E-state index contributed by atoms with van der Waals surface area (Å²) in [6.45, 7) is 10.4. The number of allylic oxidation sites excluding steroid dienone is 1. The first-order valence-corrected chi connectivity index (χ1v) is 9.03. The van der Waals surface area contributed by atoms with Gasteiger partial charge >= 0.3 is 0 Å². The molecule has 0 saturated heterocycles. The van der Waals surface area contributed by atoms with E-state index in [1.807, 2.05) is 13.0 Å². The molecular weight excluding hydrogens is 288 g/mol. The van der Waals surface area contributed by atoms with Crippen LogP contribution in [0.1, 0.15) is 52.9 Å². The molecule has 2 fully saturated rings. The second kappa shape index (κ2) is 5.44. The van der Waals surface area contributed by atoms with Gasteiger partial charge in [-0.1, -0.05) is 38.5 Å². The van der Waals surface area contributed by atoms with Crippen LogP contribution in [0.15, 0.2) is 24.3 Å². The van der Waals surface area contributed by atoms with Crippen molar-refractivity contribution in [3.8, 4) is 0 Å². The molecule has 0 amide bonds. The predicted molar refractivity (Wildman–Crippen MR) is 91.8 cm³/mol. The Hall–Kier alpha value is -0.640. The van der Waals surface area contributed by atoms with Crippen LogP contribution in [0.4, 0.5) is 0 Å². The van der Waals surface area contributed by atoms with E-state index in [1.54, 1.807) is 0 Å². The molecule has 0 heterocycles. The molecule has 0 aromatic heterocycles. The molecule has 3 aliphatic rings. The summed E-state index contributed by atoms with van der Waals surface area (Å²) in [7, 11) is 0. The molecule has 3 rings (SSSR count). The molecule has 3 N–H and O–H groups in total. The standard InChI is InChI=1S/C20H32O3/c1-5-18(2)11-13-6-7-15-19(3,14(13)10-17(18)23)9-8-16(22)20(15,4)12-21/h5,11,14-17,21-23H,1,6-10,12H2,2-4H3/t14-,15+,16-,17+,18+,19+,20-/m1/s1. The molecule has 0 spiro atoms. The fourth-order valence-corrected chi connectivity index (χ4v) is 5.90. The van der Waals surface area contributed by atoms with E-state index in [4.69, 9.17) is 0 Å². The lowest BCUT2D eigenvalue weighted by molar-refractivity contribution is -0.158. The van der Waals surface area contributed by atoms with Crippen LogP contribution in [-0.4, -0.2) is 34.1 Å². The predicted octanol–water partition coefficient (Wildman–Crippen LogP) is 3.06. The van der Waals surface area contributed by atoms with Gasteiger partial charge in [-0.05, 0) is 49.4 Å². The van der Waals surface area contributed by atoms with Crippen LogP contribution in [0.25, 0.3) is 0 Å². The quantitative estimate of drug-likeness (QED) is 0.685. The van der Waals surface area contributed by atoms with Crippen molar-refractivity contribution in [1.82, 2.24) is 0 Å². The van der Waals surface area contributed by atoms with Gasteiger partial charge in [-0.2, -0.15) is 0 Å². The molecule has 0 aromatic rings. The number of fused-ring (bicyclic) bond motifs is 3. The van der Waals surface area contributed by atoms with Crippen LogP contribution in [0, 0.1) is 28.1 Å². The Balaban J connectivity index is 2.01. The third-order valence-corrected chi connectivity index (χ3v) is 7.73. The van der Waals surface area contributed by atoms with E-state index >= 15 is 0 Å². The summed E-state index contributed by atoms with van der Waals surface area (Å²) in [6.07, 6.45) is 7.77. The van der Waals surface area contributed by atoms with E-state index in [9.17, 15) is 15.3 Å². The summed E-state index contributed by atoms with van der Waals surface area (Å²) in [4.78, 5) is 0. The largest absolute Gasteiger partial charge is 0.396 e. The highest BCUT2D eigenvalue weighted by atomic mass is 16.3. The molecule has 0 aliphatic heterocycles. The summed E-state index contributed by atoms with van der Waals surface area (Å²) in [5, 5.41) is 31.2. The Morgan fingerprint density at radius 2 is 1.91 bits per heavy atom. The van der Waals surface area contributed by atoms with E-state index in [1.165, 1.54) is 5.57 Å². The zero-order valence-corrected chi connectivity index (χ0v) is 14.8. The molecule has 0 aromatic carbocycles. The molecule has 0 unspecified atom stereocenters. The zero-order valence-electron chi connectivity index (χ0n) is 14.8. The maximum absolute atomic E-state index is 10.7. The van der Waals surface area contributed by atoms with Crippen molar-refractivity contribution in [2.45, 2.75) is 65.1 Å². The highest BCUT2D eigenvalue weighted by molar-refractivity contribution is 5.28. The minimum atomic E-state index is -0.428. The van der Waals surface area contributed by atoms with E-state index in [-0.39, 0.29) is 17.4 Å². The Bertz CT molecular complexity index is 527. The van der Waals surface area contributed by atoms with Crippen LogP contribution >= 0.6 is 0 Å². The lowest BCUT2D eigenvalue weighted by Gasteiger charge is -2.61. The summed E-state index contributed by atoms with van der Waals surface area (Å²) in [5.74, 6) is 0.647. The molecule has 130 valence electrons. The number of aliphatic hydroxyl groups is 3. The minimum absolute atomic E-state index is 0.0348. The third kappa shape index (κ3) is 2.27. The van der Waals surface area contributed by atoms with Crippen molar-refractivity contribution in [2.75, 3.05) is 6.61 Å². The lowest BCUT2D eigenvalue weighted by atomic mass is 9.44. The Morgan fingerprint density at radius 3 is 2.52 bits per heavy atom. The minimum Gasteiger partial charge on any atom is -0.396 e. The van der Waals surface area contributed by atoms with Gasteiger partial charge in [-0.25, -0.2) is 0 Å². The van der Waals surface area contributed by atoms with Gasteiger partial charge in [0.05, 0.1) is 18.8 Å². The van der Waals surface area contributed by atoms with Crippen molar-refractivity contribution < 1.29 is 15.3 Å². The Kier molecular flexibility index (Phi) is 4.06. The van der Waals surface area contributed by atoms with Crippen LogP contribution in [0.2, 0.25) is 0 Å². The fraction of sp³-hybridized carbons (Fsp3) is 0.800. The van der Waals surface area contributed by atoms with Gasteiger partial charge in [0.1, 0.15) is 0 Å². The summed E-state index contributed by atoms with van der Waals surface area (Å²) >= 11 is 0. The maximum Gasteiger partial charge on any atom is 0.0668 e. The summed E-state index contributed by atoms with van der Waals surface area (Å²) in [6, 6.07) is 0. The molecule has 0 bridgehead atoms. The Morgan fingerprint density at radius 1 is 1.22 bits per heavy atom. The van der Waals surface area contributed by atoms with Gasteiger partial charge in [-0.15, -0.1) is 6.58 Å². The van der Waals surface area contributed by atoms with E-state index in [0.717, 1.165) is 32.1 Å². The Labute approximate surface area is 140 Å². The molecule has 2 saturated carbocycles. The van der Waals surface area contributed by atoms with Crippen LogP contribution in [-0.2, 0) is 0 Å². The summed E-state index contributed by atoms with van der Waals surface area (Å²) in [5.41, 5.74) is 0.740. The highest BCUT2D eigenvalue weighted by Crippen LogP contribution is 2.63. The van der Waals surface area contributed by atoms with E-state index in [2.05, 4.69) is 26.5 Å². The fourth-order valence-electron chi connectivity index (χ4n) is 5.90. The van der Waals surface area contributed by atoms with E-state index < -0.39 is 17.6 Å².